The highest BCUT2D eigenvalue weighted by Gasteiger charge is 2.22. The van der Waals surface area contributed by atoms with Gasteiger partial charge in [-0.25, -0.2) is 4.79 Å². The highest BCUT2D eigenvalue weighted by Crippen LogP contribution is 2.35. The van der Waals surface area contributed by atoms with Gasteiger partial charge in [-0.05, 0) is 43.1 Å². The maximum atomic E-state index is 12.8. The smallest absolute Gasteiger partial charge is 0.316 e. The van der Waals surface area contributed by atoms with Crippen LogP contribution in [0.1, 0.15) is 32.9 Å². The van der Waals surface area contributed by atoms with Gasteiger partial charge in [0.25, 0.3) is 11.8 Å². The van der Waals surface area contributed by atoms with Crippen LogP contribution in [0, 0.1) is 0 Å². The van der Waals surface area contributed by atoms with Crippen molar-refractivity contribution in [2.24, 2.45) is 5.73 Å². The number of carbonyl (C=O) groups excluding carboxylic acids is 3. The molecule has 1 aromatic carbocycles. The molecular formula is C20H25N5O3S. The Kier molecular flexibility index (Phi) is 6.50. The molecule has 0 bridgehead atoms. The fourth-order valence-corrected chi connectivity index (χ4v) is 4.23. The Hall–Kier alpha value is -2.91. The van der Waals surface area contributed by atoms with Crippen molar-refractivity contribution in [3.05, 3.63) is 40.8 Å². The van der Waals surface area contributed by atoms with Crippen molar-refractivity contribution in [2.45, 2.75) is 18.9 Å². The molecule has 0 saturated carbocycles. The monoisotopic (exact) mass is 415 g/mol. The van der Waals surface area contributed by atoms with E-state index >= 15 is 0 Å². The lowest BCUT2D eigenvalue weighted by Gasteiger charge is -2.23. The van der Waals surface area contributed by atoms with Gasteiger partial charge in [-0.15, -0.1) is 11.3 Å². The average Bonchev–Trinajstić information content (AvgIpc) is 3.11. The first-order chi connectivity index (χ1) is 13.8. The highest BCUT2D eigenvalue weighted by atomic mass is 32.1. The molecule has 0 spiro atoms. The molecular weight excluding hydrogens is 390 g/mol. The number of primary amides is 1. The third-order valence-corrected chi connectivity index (χ3v) is 5.81. The second-order valence-corrected chi connectivity index (χ2v) is 8.19. The van der Waals surface area contributed by atoms with Gasteiger partial charge >= 0.3 is 6.03 Å². The Bertz CT molecular complexity index is 919. The largest absolute Gasteiger partial charge is 0.351 e. The lowest BCUT2D eigenvalue weighted by molar-refractivity contribution is 0.0827. The molecule has 1 aliphatic heterocycles. The summed E-state index contributed by atoms with van der Waals surface area (Å²) >= 11 is 1.25. The van der Waals surface area contributed by atoms with Crippen molar-refractivity contribution < 1.29 is 14.4 Å². The molecule has 1 aliphatic rings. The van der Waals surface area contributed by atoms with E-state index in [2.05, 4.69) is 16.0 Å². The summed E-state index contributed by atoms with van der Waals surface area (Å²) < 4.78 is 0. The molecule has 1 saturated heterocycles. The molecule has 0 radical (unpaired) electrons. The van der Waals surface area contributed by atoms with Crippen LogP contribution >= 0.6 is 11.3 Å². The van der Waals surface area contributed by atoms with Crippen LogP contribution in [-0.4, -0.2) is 56.0 Å². The zero-order valence-electron chi connectivity index (χ0n) is 16.5. The molecule has 154 valence electrons. The van der Waals surface area contributed by atoms with Crippen LogP contribution in [-0.2, 0) is 0 Å². The SMILES string of the molecule is CN(C)C(=O)c1cccc(-c2cc(NC(N)=O)c(C(=O)N[C@H]3CCCNC3)s2)c1. The molecule has 2 aromatic rings. The van der Waals surface area contributed by atoms with Gasteiger partial charge in [0.15, 0.2) is 0 Å². The van der Waals surface area contributed by atoms with Crippen molar-refractivity contribution in [1.82, 2.24) is 15.5 Å². The highest BCUT2D eigenvalue weighted by molar-refractivity contribution is 7.18. The van der Waals surface area contributed by atoms with Crippen LogP contribution in [0.5, 0.6) is 0 Å². The number of nitrogens with one attached hydrogen (secondary N) is 3. The lowest BCUT2D eigenvalue weighted by atomic mass is 10.1. The number of thiophene rings is 1. The van der Waals surface area contributed by atoms with Gasteiger partial charge in [-0.3, -0.25) is 9.59 Å². The van der Waals surface area contributed by atoms with E-state index in [1.165, 1.54) is 16.2 Å². The van der Waals surface area contributed by atoms with Crippen molar-refractivity contribution in [3.8, 4) is 10.4 Å². The standard InChI is InChI=1S/C20H25N5O3S/c1-25(2)19(27)13-6-3-5-12(9-13)16-10-15(24-20(21)28)17(29-16)18(26)23-14-7-4-8-22-11-14/h3,5-6,9-10,14,22H,4,7-8,11H2,1-2H3,(H,23,26)(H3,21,24,28)/t14-/m0/s1. The van der Waals surface area contributed by atoms with Crippen LogP contribution in [0.25, 0.3) is 10.4 Å². The van der Waals surface area contributed by atoms with Gasteiger partial charge in [-0.2, -0.15) is 0 Å². The zero-order chi connectivity index (χ0) is 21.0. The van der Waals surface area contributed by atoms with Crippen molar-refractivity contribution in [3.63, 3.8) is 0 Å². The van der Waals surface area contributed by atoms with Crippen LogP contribution in [0.3, 0.4) is 0 Å². The molecule has 5 N–H and O–H groups in total. The Morgan fingerprint density at radius 2 is 2.03 bits per heavy atom. The number of nitrogens with zero attached hydrogens (tertiary/aromatic N) is 1. The first-order valence-corrected chi connectivity index (χ1v) is 10.2. The normalized spacial score (nSPS) is 16.1. The van der Waals surface area contributed by atoms with Crippen molar-refractivity contribution in [1.29, 1.82) is 0 Å². The van der Waals surface area contributed by atoms with Gasteiger partial charge in [-0.1, -0.05) is 12.1 Å². The van der Waals surface area contributed by atoms with Gasteiger partial charge in [0, 0.05) is 37.1 Å². The fourth-order valence-electron chi connectivity index (χ4n) is 3.22. The zero-order valence-corrected chi connectivity index (χ0v) is 17.3. The molecule has 9 heteroatoms. The molecule has 4 amide bonds. The minimum absolute atomic E-state index is 0.0456. The predicted molar refractivity (Wildman–Crippen MR) is 114 cm³/mol. The first-order valence-electron chi connectivity index (χ1n) is 9.39. The number of hydrogen-bond donors (Lipinski definition) is 4. The summed E-state index contributed by atoms with van der Waals surface area (Å²) in [6.07, 6.45) is 1.91. The third-order valence-electron chi connectivity index (χ3n) is 4.63. The number of hydrogen-bond acceptors (Lipinski definition) is 5. The number of amides is 4. The first kappa shape index (κ1) is 20.8. The third kappa shape index (κ3) is 5.12. The van der Waals surface area contributed by atoms with Crippen molar-refractivity contribution >= 4 is 34.9 Å². The maximum absolute atomic E-state index is 12.8. The lowest BCUT2D eigenvalue weighted by Crippen LogP contribution is -2.45. The molecule has 0 unspecified atom stereocenters. The Labute approximate surface area is 173 Å². The molecule has 8 nitrogen and oxygen atoms in total. The molecule has 1 atom stereocenters. The minimum Gasteiger partial charge on any atom is -0.351 e. The van der Waals surface area contributed by atoms with Gasteiger partial charge in [0.2, 0.25) is 0 Å². The van der Waals surface area contributed by atoms with E-state index in [0.29, 0.717) is 16.1 Å². The van der Waals surface area contributed by atoms with Gasteiger partial charge in [0.05, 0.1) is 5.69 Å². The fraction of sp³-hybridized carbons (Fsp3) is 0.350. The van der Waals surface area contributed by atoms with E-state index in [4.69, 9.17) is 5.73 Å². The van der Waals surface area contributed by atoms with E-state index in [1.807, 2.05) is 6.07 Å². The number of urea groups is 1. The quantitative estimate of drug-likeness (QED) is 0.598. The van der Waals surface area contributed by atoms with E-state index in [-0.39, 0.29) is 17.9 Å². The summed E-state index contributed by atoms with van der Waals surface area (Å²) in [6.45, 7) is 1.67. The van der Waals surface area contributed by atoms with Crippen LogP contribution in [0.4, 0.5) is 10.5 Å². The van der Waals surface area contributed by atoms with Crippen molar-refractivity contribution in [2.75, 3.05) is 32.5 Å². The summed E-state index contributed by atoms with van der Waals surface area (Å²) in [5.41, 5.74) is 6.98. The number of carbonyl (C=O) groups is 3. The number of benzene rings is 1. The second kappa shape index (κ2) is 9.06. The molecule has 2 heterocycles. The van der Waals surface area contributed by atoms with Gasteiger partial charge < -0.3 is 26.6 Å². The van der Waals surface area contributed by atoms with E-state index in [9.17, 15) is 14.4 Å². The molecule has 1 fully saturated rings. The molecule has 29 heavy (non-hydrogen) atoms. The summed E-state index contributed by atoms with van der Waals surface area (Å²) in [7, 11) is 3.38. The number of piperidine rings is 1. The van der Waals surface area contributed by atoms with Crippen LogP contribution < -0.4 is 21.7 Å². The minimum atomic E-state index is -0.737. The number of nitrogens with two attached hydrogens (primary N) is 1. The molecule has 1 aromatic heterocycles. The van der Waals surface area contributed by atoms with Gasteiger partial charge in [0.1, 0.15) is 4.88 Å². The van der Waals surface area contributed by atoms with E-state index in [1.54, 1.807) is 38.4 Å². The van der Waals surface area contributed by atoms with E-state index in [0.717, 1.165) is 36.4 Å². The van der Waals surface area contributed by atoms with Crippen LogP contribution in [0.2, 0.25) is 0 Å². The summed E-state index contributed by atoms with van der Waals surface area (Å²) in [4.78, 5) is 39.2. The second-order valence-electron chi connectivity index (χ2n) is 7.14. The molecule has 3 rings (SSSR count). The summed E-state index contributed by atoms with van der Waals surface area (Å²) in [6, 6.07) is 8.19. The Morgan fingerprint density at radius 3 is 2.69 bits per heavy atom. The molecule has 0 aliphatic carbocycles. The summed E-state index contributed by atoms with van der Waals surface area (Å²) in [5, 5.41) is 8.81. The number of anilines is 1. The maximum Gasteiger partial charge on any atom is 0.316 e. The number of rotatable bonds is 5. The summed E-state index contributed by atoms with van der Waals surface area (Å²) in [5.74, 6) is -0.360. The predicted octanol–water partition coefficient (Wildman–Crippen LogP) is 2.09. The average molecular weight is 416 g/mol. The Balaban J connectivity index is 1.90. The Morgan fingerprint density at radius 1 is 1.24 bits per heavy atom. The topological polar surface area (TPSA) is 117 Å². The van der Waals surface area contributed by atoms with E-state index < -0.39 is 6.03 Å². The van der Waals surface area contributed by atoms with Crippen LogP contribution in [0.15, 0.2) is 30.3 Å².